The maximum Gasteiger partial charge on any atom is 0.305 e. The Morgan fingerprint density at radius 2 is 1.48 bits per heavy atom. The second-order valence-electron chi connectivity index (χ2n) is 14.2. The number of hydrogen-bond donors (Lipinski definition) is 1. The number of methoxy groups -OCH3 is 1. The number of unbranched alkanes of at least 4 members (excludes halogenated alkanes) is 2. The fraction of sp³-hybridized carbons (Fsp3) is 0.727. The topological polar surface area (TPSA) is 65.0 Å². The predicted molar refractivity (Wildman–Crippen MR) is 175 cm³/mol. The molecule has 0 aliphatic heterocycles. The van der Waals surface area contributed by atoms with Gasteiger partial charge in [0.25, 0.3) is 0 Å². The number of aliphatic hydroxyl groups excluding tert-OH is 1. The summed E-state index contributed by atoms with van der Waals surface area (Å²) in [7, 11) is -2.88. The summed E-state index contributed by atoms with van der Waals surface area (Å²) in [5, 5.41) is 11.1. The molecule has 0 radical (unpaired) electrons. The largest absolute Gasteiger partial charge is 0.469 e. The monoisotopic (exact) mass is 592 g/mol. The molecule has 0 amide bonds. The SMILES string of the molecule is CCCCC[C@H](O)c1ccccc1/C=C/[C@@H](O[Si](C)(C)C(C)(C)C)[C@H](CCCC(=O)OC)O[Si](C)(C)C(C)(C)C. The van der Waals surface area contributed by atoms with E-state index in [2.05, 4.69) is 92.9 Å². The van der Waals surface area contributed by atoms with Crippen molar-refractivity contribution in [3.05, 3.63) is 41.5 Å². The van der Waals surface area contributed by atoms with Crippen LogP contribution in [0.1, 0.15) is 111 Å². The molecule has 1 N–H and O–H groups in total. The fourth-order valence-corrected chi connectivity index (χ4v) is 6.69. The number of hydrogen-bond acceptors (Lipinski definition) is 5. The first-order valence-corrected chi connectivity index (χ1v) is 21.1. The van der Waals surface area contributed by atoms with Crippen molar-refractivity contribution in [1.82, 2.24) is 0 Å². The number of carbonyl (C=O) groups excluding carboxylic acids is 1. The van der Waals surface area contributed by atoms with Gasteiger partial charge >= 0.3 is 5.97 Å². The van der Waals surface area contributed by atoms with Crippen LogP contribution < -0.4 is 0 Å². The molecule has 0 bridgehead atoms. The van der Waals surface area contributed by atoms with Gasteiger partial charge in [0.15, 0.2) is 16.6 Å². The van der Waals surface area contributed by atoms with Gasteiger partial charge in [0, 0.05) is 6.42 Å². The molecule has 3 atom stereocenters. The number of carbonyl (C=O) groups is 1. The second-order valence-corrected chi connectivity index (χ2v) is 23.7. The third-order valence-electron chi connectivity index (χ3n) is 8.85. The molecular weight excluding hydrogens is 533 g/mol. The Morgan fingerprint density at radius 3 is 2.02 bits per heavy atom. The van der Waals surface area contributed by atoms with Gasteiger partial charge in [-0.3, -0.25) is 4.79 Å². The fourth-order valence-electron chi connectivity index (χ4n) is 4.06. The van der Waals surface area contributed by atoms with Gasteiger partial charge in [-0.05, 0) is 66.7 Å². The van der Waals surface area contributed by atoms with E-state index in [9.17, 15) is 9.90 Å². The van der Waals surface area contributed by atoms with Gasteiger partial charge in [-0.15, -0.1) is 0 Å². The summed E-state index contributed by atoms with van der Waals surface area (Å²) in [5.41, 5.74) is 1.96. The first-order valence-electron chi connectivity index (χ1n) is 15.2. The molecule has 0 saturated heterocycles. The summed E-state index contributed by atoms with van der Waals surface area (Å²) in [6.07, 6.45) is 9.03. The molecular formula is C33H60O5Si2. The van der Waals surface area contributed by atoms with Crippen LogP contribution in [0.15, 0.2) is 30.3 Å². The van der Waals surface area contributed by atoms with Crippen molar-refractivity contribution in [2.24, 2.45) is 0 Å². The Kier molecular flexibility index (Phi) is 14.5. The van der Waals surface area contributed by atoms with Crippen LogP contribution in [0.3, 0.4) is 0 Å². The van der Waals surface area contributed by atoms with E-state index in [1.807, 2.05) is 18.2 Å². The van der Waals surface area contributed by atoms with Crippen LogP contribution in [0, 0.1) is 0 Å². The lowest BCUT2D eigenvalue weighted by atomic mass is 9.97. The first kappa shape index (κ1) is 36.8. The summed E-state index contributed by atoms with van der Waals surface area (Å²) in [6, 6.07) is 8.11. The van der Waals surface area contributed by atoms with Crippen molar-refractivity contribution in [1.29, 1.82) is 0 Å². The molecule has 7 heteroatoms. The van der Waals surface area contributed by atoms with Crippen LogP contribution in [0.25, 0.3) is 6.08 Å². The van der Waals surface area contributed by atoms with E-state index >= 15 is 0 Å². The Labute approximate surface area is 248 Å². The van der Waals surface area contributed by atoms with E-state index in [-0.39, 0.29) is 28.3 Å². The lowest BCUT2D eigenvalue weighted by Crippen LogP contribution is -2.51. The van der Waals surface area contributed by atoms with Crippen LogP contribution in [-0.4, -0.2) is 47.0 Å². The minimum atomic E-state index is -2.17. The van der Waals surface area contributed by atoms with E-state index in [0.29, 0.717) is 19.3 Å². The standard InChI is InChI=1S/C33H60O5Si2/c1-13-14-15-21-28(34)27-20-17-16-19-26(27)24-25-30(38-40(11,12)33(5,6)7)29(22-18-23-31(35)36-8)37-39(9,10)32(2,3)4/h16-17,19-20,24-25,28-30,34H,13-15,18,21-23H2,1-12H3/b25-24+/t28-,29-,30+/m0/s1. The van der Waals surface area contributed by atoms with E-state index < -0.39 is 22.7 Å². The van der Waals surface area contributed by atoms with Crippen LogP contribution in [0.5, 0.6) is 0 Å². The molecule has 0 saturated carbocycles. The van der Waals surface area contributed by atoms with E-state index in [4.69, 9.17) is 13.6 Å². The maximum atomic E-state index is 12.0. The molecule has 0 spiro atoms. The quantitative estimate of drug-likeness (QED) is 0.118. The van der Waals surface area contributed by atoms with E-state index in [1.54, 1.807) is 0 Å². The van der Waals surface area contributed by atoms with E-state index in [0.717, 1.165) is 36.8 Å². The number of rotatable bonds is 16. The third kappa shape index (κ3) is 11.6. The Morgan fingerprint density at radius 1 is 0.900 bits per heavy atom. The summed E-state index contributed by atoms with van der Waals surface area (Å²) in [6.45, 7) is 24.8. The minimum absolute atomic E-state index is 0.0278. The highest BCUT2D eigenvalue weighted by atomic mass is 28.4. The highest BCUT2D eigenvalue weighted by Crippen LogP contribution is 2.41. The van der Waals surface area contributed by atoms with Gasteiger partial charge in [0.2, 0.25) is 0 Å². The molecule has 0 fully saturated rings. The molecule has 0 aliphatic carbocycles. The lowest BCUT2D eigenvalue weighted by Gasteiger charge is -2.44. The normalized spacial score (nSPS) is 15.7. The highest BCUT2D eigenvalue weighted by Gasteiger charge is 2.44. The maximum absolute atomic E-state index is 12.0. The van der Waals surface area contributed by atoms with Crippen LogP contribution >= 0.6 is 0 Å². The highest BCUT2D eigenvalue weighted by molar-refractivity contribution is 6.74. The number of ether oxygens (including phenoxy) is 1. The van der Waals surface area contributed by atoms with Gasteiger partial charge in [-0.1, -0.05) is 104 Å². The number of aliphatic hydroxyl groups is 1. The van der Waals surface area contributed by atoms with Crippen molar-refractivity contribution in [2.45, 2.75) is 148 Å². The van der Waals surface area contributed by atoms with Crippen molar-refractivity contribution in [3.63, 3.8) is 0 Å². The van der Waals surface area contributed by atoms with Crippen LogP contribution in [0.2, 0.25) is 36.3 Å². The zero-order valence-electron chi connectivity index (χ0n) is 27.7. The summed E-state index contributed by atoms with van der Waals surface area (Å²) >= 11 is 0. The molecule has 0 unspecified atom stereocenters. The summed E-state index contributed by atoms with van der Waals surface area (Å²) < 4.78 is 19.0. The number of benzene rings is 1. The van der Waals surface area contributed by atoms with Gasteiger partial charge in [0.05, 0.1) is 25.4 Å². The molecule has 1 aromatic carbocycles. The zero-order valence-corrected chi connectivity index (χ0v) is 29.7. The van der Waals surface area contributed by atoms with Crippen molar-refractivity contribution >= 4 is 28.7 Å². The third-order valence-corrected chi connectivity index (χ3v) is 17.8. The number of esters is 1. The van der Waals surface area contributed by atoms with Crippen molar-refractivity contribution in [2.75, 3.05) is 7.11 Å². The van der Waals surface area contributed by atoms with Gasteiger partial charge in [-0.25, -0.2) is 0 Å². The van der Waals surface area contributed by atoms with Crippen molar-refractivity contribution in [3.8, 4) is 0 Å². The smallest absolute Gasteiger partial charge is 0.305 e. The Bertz CT molecular complexity index is 928. The average Bonchev–Trinajstić information content (AvgIpc) is 2.84. The average molecular weight is 593 g/mol. The molecule has 0 heterocycles. The van der Waals surface area contributed by atoms with Gasteiger partial charge in [0.1, 0.15) is 0 Å². The molecule has 1 aromatic rings. The molecule has 0 aliphatic rings. The second kappa shape index (κ2) is 15.8. The lowest BCUT2D eigenvalue weighted by molar-refractivity contribution is -0.140. The minimum Gasteiger partial charge on any atom is -0.469 e. The summed E-state index contributed by atoms with van der Waals surface area (Å²) in [5.74, 6) is -0.200. The van der Waals surface area contributed by atoms with Gasteiger partial charge in [-0.2, -0.15) is 0 Å². The molecule has 230 valence electrons. The Balaban J connectivity index is 3.51. The van der Waals surface area contributed by atoms with Crippen LogP contribution in [-0.2, 0) is 18.4 Å². The van der Waals surface area contributed by atoms with E-state index in [1.165, 1.54) is 7.11 Å². The first-order chi connectivity index (χ1) is 18.4. The van der Waals surface area contributed by atoms with Crippen molar-refractivity contribution < 1.29 is 23.5 Å². The molecule has 0 aromatic heterocycles. The van der Waals surface area contributed by atoms with Gasteiger partial charge < -0.3 is 18.7 Å². The van der Waals surface area contributed by atoms with Crippen LogP contribution in [0.4, 0.5) is 0 Å². The predicted octanol–water partition coefficient (Wildman–Crippen LogP) is 9.44. The summed E-state index contributed by atoms with van der Waals surface area (Å²) in [4.78, 5) is 12.0. The zero-order chi connectivity index (χ0) is 30.8. The molecule has 40 heavy (non-hydrogen) atoms. The Hall–Kier alpha value is -1.26. The molecule has 1 rings (SSSR count). The molecule has 5 nitrogen and oxygen atoms in total.